The minimum atomic E-state index is -0.412. The van der Waals surface area contributed by atoms with Crippen molar-refractivity contribution < 1.29 is 9.84 Å². The van der Waals surface area contributed by atoms with Crippen LogP contribution in [0.25, 0.3) is 21.0 Å². The summed E-state index contributed by atoms with van der Waals surface area (Å²) < 4.78 is 7.09. The Morgan fingerprint density at radius 1 is 1.25 bits per heavy atom. The molecule has 2 atom stereocenters. The van der Waals surface area contributed by atoms with E-state index in [0.29, 0.717) is 5.92 Å². The average Bonchev–Trinajstić information content (AvgIpc) is 3.31. The number of thiazole rings is 1. The fourth-order valence-electron chi connectivity index (χ4n) is 4.30. The molecule has 2 aromatic carbocycles. The van der Waals surface area contributed by atoms with Crippen molar-refractivity contribution in [3.8, 4) is 5.19 Å². The fraction of sp³-hybridized carbons (Fsp3) is 0.522. The van der Waals surface area contributed by atoms with E-state index in [4.69, 9.17) is 10.5 Å². The number of nitrogens with zero attached hydrogens (tertiary/aromatic N) is 1. The van der Waals surface area contributed by atoms with Gasteiger partial charge in [0.25, 0.3) is 5.19 Å². The summed E-state index contributed by atoms with van der Waals surface area (Å²) in [5.74, 6) is 0.431. The van der Waals surface area contributed by atoms with E-state index in [2.05, 4.69) is 42.2 Å². The molecule has 1 aliphatic rings. The van der Waals surface area contributed by atoms with Gasteiger partial charge in [-0.2, -0.15) is 0 Å². The predicted molar refractivity (Wildman–Crippen MR) is 117 cm³/mol. The molecule has 0 saturated heterocycles. The smallest absolute Gasteiger partial charge is 0.274 e. The Balaban J connectivity index is 1.53. The molecule has 0 radical (unpaired) electrons. The molecular formula is C23H30N2O2S. The highest BCUT2D eigenvalue weighted by Gasteiger charge is 2.35. The van der Waals surface area contributed by atoms with Gasteiger partial charge in [-0.05, 0) is 48.6 Å². The summed E-state index contributed by atoms with van der Waals surface area (Å²) >= 11 is 1.65. The first-order valence-electron chi connectivity index (χ1n) is 10.5. The molecule has 3 aromatic rings. The van der Waals surface area contributed by atoms with Gasteiger partial charge in [-0.15, -0.1) is 0 Å². The third-order valence-corrected chi connectivity index (χ3v) is 7.05. The van der Waals surface area contributed by atoms with Crippen LogP contribution in [-0.2, 0) is 0 Å². The summed E-state index contributed by atoms with van der Waals surface area (Å²) in [6.45, 7) is 3.03. The molecule has 28 heavy (non-hydrogen) atoms. The Morgan fingerprint density at radius 2 is 2.14 bits per heavy atom. The Labute approximate surface area is 170 Å². The van der Waals surface area contributed by atoms with E-state index in [-0.39, 0.29) is 6.61 Å². The summed E-state index contributed by atoms with van der Waals surface area (Å²) in [5.41, 5.74) is 8.19. The van der Waals surface area contributed by atoms with Crippen molar-refractivity contribution in [2.75, 3.05) is 13.2 Å². The van der Waals surface area contributed by atoms with Crippen molar-refractivity contribution >= 4 is 32.3 Å². The van der Waals surface area contributed by atoms with E-state index in [1.807, 2.05) is 0 Å². The molecule has 1 fully saturated rings. The molecule has 0 amide bonds. The Kier molecular flexibility index (Phi) is 5.85. The second-order valence-electron chi connectivity index (χ2n) is 8.24. The van der Waals surface area contributed by atoms with E-state index in [0.717, 1.165) is 43.0 Å². The second kappa shape index (κ2) is 8.36. The highest BCUT2D eigenvalue weighted by molar-refractivity contribution is 7.21. The highest BCUT2D eigenvalue weighted by Crippen LogP contribution is 2.41. The first kappa shape index (κ1) is 19.6. The molecule has 0 bridgehead atoms. The number of hydrogen-bond acceptors (Lipinski definition) is 5. The summed E-state index contributed by atoms with van der Waals surface area (Å²) in [6, 6.07) is 11.0. The lowest BCUT2D eigenvalue weighted by Crippen LogP contribution is -2.40. The zero-order valence-corrected chi connectivity index (χ0v) is 17.4. The Hall–Kier alpha value is -1.69. The number of nitrogens with two attached hydrogens (primary N) is 1. The zero-order valence-electron chi connectivity index (χ0n) is 16.6. The molecule has 4 nitrogen and oxygen atoms in total. The predicted octanol–water partition coefficient (Wildman–Crippen LogP) is 5.37. The molecule has 4 rings (SSSR count). The standard InChI is InChI=1S/C23H30N2O2S/c1-2-3-4-5-12-27-22-25-20-9-7-17-13-16(6-8-19(17)21(20)28-22)18-10-11-23(24,14-18)15-26/h6-9,13,18,26H,2-5,10-12,14-15,24H2,1H3/t18-,23+/m0/s1. The van der Waals surface area contributed by atoms with Gasteiger partial charge in [-0.3, -0.25) is 0 Å². The fourth-order valence-corrected chi connectivity index (χ4v) is 5.28. The number of aromatic nitrogens is 1. The molecule has 0 spiro atoms. The SMILES string of the molecule is CCCCCCOc1nc2ccc3cc([C@H]4CC[C@](N)(CO)C4)ccc3c2s1. The number of hydrogen-bond donors (Lipinski definition) is 2. The molecule has 150 valence electrons. The lowest BCUT2D eigenvalue weighted by atomic mass is 9.92. The van der Waals surface area contributed by atoms with Crippen molar-refractivity contribution in [1.82, 2.24) is 4.98 Å². The summed E-state index contributed by atoms with van der Waals surface area (Å²) in [7, 11) is 0. The van der Waals surface area contributed by atoms with E-state index in [1.54, 1.807) is 11.3 Å². The number of aliphatic hydroxyl groups is 1. The lowest BCUT2D eigenvalue weighted by Gasteiger charge is -2.21. The molecule has 1 aliphatic carbocycles. The Bertz CT molecular complexity index is 954. The van der Waals surface area contributed by atoms with Crippen molar-refractivity contribution in [3.63, 3.8) is 0 Å². The molecule has 3 N–H and O–H groups in total. The summed E-state index contributed by atoms with van der Waals surface area (Å²) in [6.07, 6.45) is 7.59. The third kappa shape index (κ3) is 4.02. The van der Waals surface area contributed by atoms with Crippen LogP contribution in [0, 0.1) is 0 Å². The van der Waals surface area contributed by atoms with Gasteiger partial charge < -0.3 is 15.6 Å². The summed E-state index contributed by atoms with van der Waals surface area (Å²) in [4.78, 5) is 4.66. The van der Waals surface area contributed by atoms with Crippen LogP contribution in [0.2, 0.25) is 0 Å². The van der Waals surface area contributed by atoms with Crippen LogP contribution >= 0.6 is 11.3 Å². The molecular weight excluding hydrogens is 368 g/mol. The van der Waals surface area contributed by atoms with E-state index in [9.17, 15) is 5.11 Å². The number of rotatable bonds is 8. The van der Waals surface area contributed by atoms with Crippen LogP contribution in [0.3, 0.4) is 0 Å². The van der Waals surface area contributed by atoms with Gasteiger partial charge in [0.05, 0.1) is 23.4 Å². The van der Waals surface area contributed by atoms with Crippen LogP contribution in [0.5, 0.6) is 5.19 Å². The highest BCUT2D eigenvalue weighted by atomic mass is 32.1. The maximum absolute atomic E-state index is 9.54. The number of aliphatic hydroxyl groups excluding tert-OH is 1. The van der Waals surface area contributed by atoms with Crippen LogP contribution in [0.15, 0.2) is 30.3 Å². The minimum Gasteiger partial charge on any atom is -0.470 e. The topological polar surface area (TPSA) is 68.4 Å². The zero-order chi connectivity index (χ0) is 19.6. The van der Waals surface area contributed by atoms with Crippen LogP contribution < -0.4 is 10.5 Å². The normalized spacial score (nSPS) is 22.3. The van der Waals surface area contributed by atoms with Gasteiger partial charge in [0, 0.05) is 10.9 Å². The monoisotopic (exact) mass is 398 g/mol. The minimum absolute atomic E-state index is 0.0692. The molecule has 0 aliphatic heterocycles. The van der Waals surface area contributed by atoms with Gasteiger partial charge >= 0.3 is 0 Å². The molecule has 1 saturated carbocycles. The van der Waals surface area contributed by atoms with Gasteiger partial charge in [0.2, 0.25) is 0 Å². The van der Waals surface area contributed by atoms with E-state index >= 15 is 0 Å². The number of benzene rings is 2. The molecule has 0 unspecified atom stereocenters. The quantitative estimate of drug-likeness (QED) is 0.501. The lowest BCUT2D eigenvalue weighted by molar-refractivity contribution is 0.198. The van der Waals surface area contributed by atoms with Gasteiger partial charge in [0.15, 0.2) is 0 Å². The number of unbranched alkanes of at least 4 members (excludes halogenated alkanes) is 3. The van der Waals surface area contributed by atoms with Gasteiger partial charge in [-0.25, -0.2) is 4.98 Å². The molecule has 1 aromatic heterocycles. The largest absolute Gasteiger partial charge is 0.470 e. The van der Waals surface area contributed by atoms with Gasteiger partial charge in [-0.1, -0.05) is 61.8 Å². The van der Waals surface area contributed by atoms with Crippen LogP contribution in [-0.4, -0.2) is 28.8 Å². The summed E-state index contributed by atoms with van der Waals surface area (Å²) in [5, 5.41) is 12.8. The molecule has 5 heteroatoms. The first-order chi connectivity index (χ1) is 13.6. The van der Waals surface area contributed by atoms with Gasteiger partial charge in [0.1, 0.15) is 0 Å². The van der Waals surface area contributed by atoms with Crippen molar-refractivity contribution in [2.24, 2.45) is 5.73 Å². The maximum atomic E-state index is 9.54. The molecule has 1 heterocycles. The average molecular weight is 399 g/mol. The van der Waals surface area contributed by atoms with Crippen molar-refractivity contribution in [2.45, 2.75) is 63.3 Å². The number of fused-ring (bicyclic) bond motifs is 3. The van der Waals surface area contributed by atoms with E-state index < -0.39 is 5.54 Å². The first-order valence-corrected chi connectivity index (χ1v) is 11.3. The van der Waals surface area contributed by atoms with E-state index in [1.165, 1.54) is 40.3 Å². The van der Waals surface area contributed by atoms with Crippen LogP contribution in [0.1, 0.15) is 63.4 Å². The maximum Gasteiger partial charge on any atom is 0.274 e. The van der Waals surface area contributed by atoms with Crippen LogP contribution in [0.4, 0.5) is 0 Å². The van der Waals surface area contributed by atoms with Crippen molar-refractivity contribution in [3.05, 3.63) is 35.9 Å². The number of ether oxygens (including phenoxy) is 1. The van der Waals surface area contributed by atoms with Crippen molar-refractivity contribution in [1.29, 1.82) is 0 Å². The third-order valence-electron chi connectivity index (χ3n) is 6.03. The second-order valence-corrected chi connectivity index (χ2v) is 9.21. The Morgan fingerprint density at radius 3 is 2.93 bits per heavy atom.